The Morgan fingerprint density at radius 2 is 2.12 bits per heavy atom. The van der Waals surface area contributed by atoms with Crippen LogP contribution in [0.15, 0.2) is 12.2 Å². The number of allylic oxidation sites excluding steroid dienone is 1. The number of aliphatic hydroxyl groups is 1. The second kappa shape index (κ2) is 11.8. The quantitative estimate of drug-likeness (QED) is 0.343. The maximum Gasteiger partial charge on any atom is 0.155 e. The Bertz CT molecular complexity index is 213. The summed E-state index contributed by atoms with van der Waals surface area (Å²) in [5, 5.41) is 8.53. The zero-order valence-corrected chi connectivity index (χ0v) is 10.9. The Morgan fingerprint density at radius 3 is 2.76 bits per heavy atom. The fourth-order valence-electron chi connectivity index (χ4n) is 1.31. The molecule has 0 aliphatic carbocycles. The number of rotatable bonds is 11. The van der Waals surface area contributed by atoms with Crippen LogP contribution in [-0.4, -0.2) is 37.0 Å². The first kappa shape index (κ1) is 16.3. The van der Waals surface area contributed by atoms with Crippen LogP contribution in [0.4, 0.5) is 0 Å². The fourth-order valence-corrected chi connectivity index (χ4v) is 1.31. The van der Waals surface area contributed by atoms with Crippen molar-refractivity contribution in [1.29, 1.82) is 0 Å². The third-order valence-corrected chi connectivity index (χ3v) is 2.17. The first-order chi connectivity index (χ1) is 8.20. The third-order valence-electron chi connectivity index (χ3n) is 2.17. The largest absolute Gasteiger partial charge is 0.396 e. The smallest absolute Gasteiger partial charge is 0.155 e. The second-order valence-electron chi connectivity index (χ2n) is 3.73. The van der Waals surface area contributed by atoms with E-state index in [0.717, 1.165) is 12.8 Å². The van der Waals surface area contributed by atoms with Crippen molar-refractivity contribution in [3.05, 3.63) is 12.2 Å². The van der Waals surface area contributed by atoms with Crippen molar-refractivity contribution in [1.82, 2.24) is 0 Å². The lowest BCUT2D eigenvalue weighted by Crippen LogP contribution is -2.13. The first-order valence-corrected chi connectivity index (χ1v) is 6.24. The average Bonchev–Trinajstić information content (AvgIpc) is 2.29. The lowest BCUT2D eigenvalue weighted by Gasteiger charge is -2.12. The Kier molecular flexibility index (Phi) is 11.3. The molecule has 1 N–H and O–H groups in total. The van der Waals surface area contributed by atoms with Crippen LogP contribution in [0.5, 0.6) is 0 Å². The molecule has 0 aromatic rings. The van der Waals surface area contributed by atoms with Crippen LogP contribution in [0.25, 0.3) is 0 Å². The van der Waals surface area contributed by atoms with E-state index in [2.05, 4.69) is 0 Å². The summed E-state index contributed by atoms with van der Waals surface area (Å²) in [6.07, 6.45) is 5.84. The van der Waals surface area contributed by atoms with Crippen LogP contribution >= 0.6 is 0 Å². The molecule has 0 bridgehead atoms. The summed E-state index contributed by atoms with van der Waals surface area (Å²) in [6, 6.07) is 0. The molecule has 0 radical (unpaired) electrons. The van der Waals surface area contributed by atoms with E-state index in [-0.39, 0.29) is 18.7 Å². The van der Waals surface area contributed by atoms with Crippen molar-refractivity contribution in [3.8, 4) is 0 Å². The molecule has 4 nitrogen and oxygen atoms in total. The second-order valence-corrected chi connectivity index (χ2v) is 3.73. The van der Waals surface area contributed by atoms with Gasteiger partial charge in [-0.1, -0.05) is 6.08 Å². The molecule has 0 saturated carbocycles. The van der Waals surface area contributed by atoms with Gasteiger partial charge in [0.2, 0.25) is 0 Å². The standard InChI is InChI=1S/C13H24O4/c1-3-16-12(2)17-11-7-5-9-13(15)8-4-6-10-14/h4,8,12,14H,3,5-7,9-11H2,1-2H3/b8-4+. The lowest BCUT2D eigenvalue weighted by molar-refractivity contribution is -0.127. The van der Waals surface area contributed by atoms with Crippen molar-refractivity contribution in [2.24, 2.45) is 0 Å². The van der Waals surface area contributed by atoms with Crippen molar-refractivity contribution in [3.63, 3.8) is 0 Å². The molecule has 4 heteroatoms. The van der Waals surface area contributed by atoms with Crippen LogP contribution in [0.3, 0.4) is 0 Å². The molecule has 17 heavy (non-hydrogen) atoms. The first-order valence-electron chi connectivity index (χ1n) is 6.24. The summed E-state index contributed by atoms with van der Waals surface area (Å²) in [6.45, 7) is 5.15. The van der Waals surface area contributed by atoms with Crippen molar-refractivity contribution >= 4 is 5.78 Å². The van der Waals surface area contributed by atoms with Gasteiger partial charge in [0.25, 0.3) is 0 Å². The molecule has 0 aromatic carbocycles. The van der Waals surface area contributed by atoms with Gasteiger partial charge < -0.3 is 14.6 Å². The van der Waals surface area contributed by atoms with Gasteiger partial charge in [0.1, 0.15) is 0 Å². The zero-order chi connectivity index (χ0) is 12.9. The highest BCUT2D eigenvalue weighted by molar-refractivity contribution is 5.89. The molecular weight excluding hydrogens is 220 g/mol. The van der Waals surface area contributed by atoms with E-state index in [0.29, 0.717) is 26.1 Å². The van der Waals surface area contributed by atoms with E-state index >= 15 is 0 Å². The van der Waals surface area contributed by atoms with E-state index in [1.807, 2.05) is 13.8 Å². The van der Waals surface area contributed by atoms with Crippen LogP contribution in [0.2, 0.25) is 0 Å². The summed E-state index contributed by atoms with van der Waals surface area (Å²) in [4.78, 5) is 11.3. The number of carbonyl (C=O) groups is 1. The summed E-state index contributed by atoms with van der Waals surface area (Å²) in [7, 11) is 0. The summed E-state index contributed by atoms with van der Waals surface area (Å²) < 4.78 is 10.6. The normalized spacial score (nSPS) is 13.1. The molecule has 0 fully saturated rings. The molecule has 0 rings (SSSR count). The predicted molar refractivity (Wildman–Crippen MR) is 66.7 cm³/mol. The van der Waals surface area contributed by atoms with Gasteiger partial charge in [-0.05, 0) is 39.2 Å². The van der Waals surface area contributed by atoms with E-state index in [1.54, 1.807) is 12.2 Å². The van der Waals surface area contributed by atoms with E-state index < -0.39 is 0 Å². The Hall–Kier alpha value is -0.710. The number of ketones is 1. The van der Waals surface area contributed by atoms with Crippen molar-refractivity contribution in [2.75, 3.05) is 19.8 Å². The van der Waals surface area contributed by atoms with Gasteiger partial charge in [0, 0.05) is 26.2 Å². The molecular formula is C13H24O4. The van der Waals surface area contributed by atoms with Gasteiger partial charge in [-0.25, -0.2) is 0 Å². The number of hydrogen-bond donors (Lipinski definition) is 1. The molecule has 0 amide bonds. The summed E-state index contributed by atoms with van der Waals surface area (Å²) in [5.74, 6) is 0.108. The molecule has 0 aliphatic heterocycles. The number of ether oxygens (including phenoxy) is 2. The summed E-state index contributed by atoms with van der Waals surface area (Å²) in [5.41, 5.74) is 0. The van der Waals surface area contributed by atoms with Gasteiger partial charge >= 0.3 is 0 Å². The van der Waals surface area contributed by atoms with Crippen LogP contribution < -0.4 is 0 Å². The van der Waals surface area contributed by atoms with Gasteiger partial charge in [0.15, 0.2) is 12.1 Å². The van der Waals surface area contributed by atoms with Crippen LogP contribution in [-0.2, 0) is 14.3 Å². The number of hydrogen-bond acceptors (Lipinski definition) is 4. The van der Waals surface area contributed by atoms with E-state index in [9.17, 15) is 4.79 Å². The third kappa shape index (κ3) is 11.6. The molecule has 1 unspecified atom stereocenters. The van der Waals surface area contributed by atoms with Crippen molar-refractivity contribution in [2.45, 2.75) is 45.8 Å². The zero-order valence-electron chi connectivity index (χ0n) is 10.9. The minimum Gasteiger partial charge on any atom is -0.396 e. The molecule has 0 aromatic heterocycles. The van der Waals surface area contributed by atoms with Crippen molar-refractivity contribution < 1.29 is 19.4 Å². The lowest BCUT2D eigenvalue weighted by atomic mass is 10.1. The van der Waals surface area contributed by atoms with Gasteiger partial charge in [-0.2, -0.15) is 0 Å². The minimum absolute atomic E-state index is 0.0902. The molecule has 0 heterocycles. The summed E-state index contributed by atoms with van der Waals surface area (Å²) >= 11 is 0. The Balaban J connectivity index is 3.36. The maximum atomic E-state index is 11.3. The number of unbranched alkanes of at least 4 members (excludes halogenated alkanes) is 1. The molecule has 0 spiro atoms. The number of carbonyl (C=O) groups excluding carboxylic acids is 1. The molecule has 0 saturated heterocycles. The predicted octanol–water partition coefficient (Wildman–Crippen LogP) is 2.06. The molecule has 1 atom stereocenters. The molecule has 100 valence electrons. The highest BCUT2D eigenvalue weighted by Crippen LogP contribution is 2.01. The average molecular weight is 244 g/mol. The Morgan fingerprint density at radius 1 is 1.35 bits per heavy atom. The monoisotopic (exact) mass is 244 g/mol. The maximum absolute atomic E-state index is 11.3. The minimum atomic E-state index is -0.167. The highest BCUT2D eigenvalue weighted by atomic mass is 16.7. The van der Waals surface area contributed by atoms with E-state index in [1.165, 1.54) is 0 Å². The van der Waals surface area contributed by atoms with Crippen LogP contribution in [0, 0.1) is 0 Å². The van der Waals surface area contributed by atoms with Gasteiger partial charge in [-0.3, -0.25) is 4.79 Å². The number of aliphatic hydroxyl groups excluding tert-OH is 1. The van der Waals surface area contributed by atoms with Gasteiger partial charge in [-0.15, -0.1) is 0 Å². The Labute approximate surface area is 104 Å². The topological polar surface area (TPSA) is 55.8 Å². The van der Waals surface area contributed by atoms with E-state index in [4.69, 9.17) is 14.6 Å². The fraction of sp³-hybridized carbons (Fsp3) is 0.769. The SMILES string of the molecule is CCOC(C)OCCCCC(=O)/C=C/CCO. The molecule has 0 aliphatic rings. The van der Waals surface area contributed by atoms with Crippen LogP contribution in [0.1, 0.15) is 39.5 Å². The van der Waals surface area contributed by atoms with Gasteiger partial charge in [0.05, 0.1) is 0 Å². The highest BCUT2D eigenvalue weighted by Gasteiger charge is 2.00.